The number of thioether (sulfide) groups is 1. The number of pyridine rings is 3. The van der Waals surface area contributed by atoms with Gasteiger partial charge in [0.2, 0.25) is 0 Å². The Morgan fingerprint density at radius 2 is 1.28 bits per heavy atom. The Labute approximate surface area is 247 Å². The van der Waals surface area contributed by atoms with Crippen molar-refractivity contribution in [2.75, 3.05) is 0 Å². The summed E-state index contributed by atoms with van der Waals surface area (Å²) in [6.45, 7) is 2.02. The van der Waals surface area contributed by atoms with Crippen LogP contribution in [-0.4, -0.2) is 15.0 Å². The Hall–Kier alpha value is -1.32. The number of nitrogens with zero attached hydrogens (tertiary/aromatic N) is 3. The lowest BCUT2D eigenvalue weighted by molar-refractivity contribution is 0.734. The number of aromatic nitrogens is 3. The predicted octanol–water partition coefficient (Wildman–Crippen LogP) is 9.85. The average molecular weight is 749 g/mol. The summed E-state index contributed by atoms with van der Waals surface area (Å²) in [6.07, 6.45) is 5.56. The minimum atomic E-state index is 0.381. The largest absolute Gasteiger partial charge is 0.264 e. The third-order valence-electron chi connectivity index (χ3n) is 6.46. The molecule has 180 valence electrons. The third-order valence-corrected chi connectivity index (χ3v) is 10.0. The van der Waals surface area contributed by atoms with Gasteiger partial charge in [-0.15, -0.1) is 11.8 Å². The second-order valence-corrected chi connectivity index (χ2v) is 14.0. The van der Waals surface area contributed by atoms with E-state index in [0.29, 0.717) is 10.5 Å². The van der Waals surface area contributed by atoms with Crippen LogP contribution in [0.3, 0.4) is 0 Å². The molecule has 8 heteroatoms. The van der Waals surface area contributed by atoms with Crippen molar-refractivity contribution in [3.05, 3.63) is 107 Å². The fraction of sp³-hybridized carbons (Fsp3) is 0.179. The number of halogens is 4. The number of hydrogen-bond acceptors (Lipinski definition) is 4. The Morgan fingerprint density at radius 3 is 1.69 bits per heavy atom. The highest BCUT2D eigenvalue weighted by Gasteiger charge is 2.37. The molecule has 2 aromatic carbocycles. The molecule has 0 spiro atoms. The maximum atomic E-state index is 5.12. The third kappa shape index (κ3) is 4.80. The molecule has 0 amide bonds. The standard InChI is InChI=1S/C22H12Br4N2S.C6H7N/c23-13-3-9-1-11-5-17-22-12(2-10-4-14(24)8-16(26)20(10)28-22)6-18(29-17)21(11)27-19(9)15(25)7-13;1-6-3-2-4-7-5-6/h1-4,7-8,17-18H,5-6H2;2-5H,1H3/t17-,18-;/m1./s1. The van der Waals surface area contributed by atoms with Crippen molar-refractivity contribution in [2.45, 2.75) is 30.3 Å². The van der Waals surface area contributed by atoms with E-state index in [1.54, 1.807) is 6.20 Å². The number of fused-ring (bicyclic) bond motifs is 8. The molecule has 3 nitrogen and oxygen atoms in total. The SMILES string of the molecule is Brc1cc(Br)c2nc3c(cc2c1)C[C@H]1S[C@@H]3Cc2cc3cc(Br)cc(Br)c3nc21.Cc1cccnc1. The topological polar surface area (TPSA) is 38.7 Å². The smallest absolute Gasteiger partial charge is 0.0848 e. The summed E-state index contributed by atoms with van der Waals surface area (Å²) < 4.78 is 4.21. The minimum absolute atomic E-state index is 0.381. The van der Waals surface area contributed by atoms with Crippen LogP contribution >= 0.6 is 75.5 Å². The molecule has 0 radical (unpaired) electrons. The van der Waals surface area contributed by atoms with Crippen molar-refractivity contribution in [3.63, 3.8) is 0 Å². The lowest BCUT2D eigenvalue weighted by atomic mass is 9.91. The van der Waals surface area contributed by atoms with Crippen LogP contribution < -0.4 is 0 Å². The van der Waals surface area contributed by atoms with Gasteiger partial charge in [-0.2, -0.15) is 0 Å². The van der Waals surface area contributed by atoms with E-state index in [-0.39, 0.29) is 0 Å². The zero-order valence-electron chi connectivity index (χ0n) is 19.1. The highest BCUT2D eigenvalue weighted by atomic mass is 79.9. The quantitative estimate of drug-likeness (QED) is 0.158. The molecular weight excluding hydrogens is 730 g/mol. The molecule has 5 heterocycles. The summed E-state index contributed by atoms with van der Waals surface area (Å²) in [5, 5.41) is 3.11. The predicted molar refractivity (Wildman–Crippen MR) is 164 cm³/mol. The number of hydrogen-bond donors (Lipinski definition) is 0. The summed E-state index contributed by atoms with van der Waals surface area (Å²) in [5.74, 6) is 0. The van der Waals surface area contributed by atoms with Crippen LogP contribution in [0.4, 0.5) is 0 Å². The van der Waals surface area contributed by atoms with Crippen LogP contribution in [-0.2, 0) is 12.8 Å². The fourth-order valence-electron chi connectivity index (χ4n) is 4.88. The highest BCUT2D eigenvalue weighted by molar-refractivity contribution is 9.11. The normalized spacial score (nSPS) is 17.8. The van der Waals surface area contributed by atoms with Gasteiger partial charge in [0.25, 0.3) is 0 Å². The van der Waals surface area contributed by atoms with Crippen molar-refractivity contribution >= 4 is 97.3 Å². The molecule has 0 aliphatic carbocycles. The second kappa shape index (κ2) is 10.1. The van der Waals surface area contributed by atoms with Crippen LogP contribution in [0.5, 0.6) is 0 Å². The molecule has 0 fully saturated rings. The van der Waals surface area contributed by atoms with E-state index in [2.05, 4.69) is 105 Å². The van der Waals surface area contributed by atoms with Gasteiger partial charge in [-0.25, -0.2) is 0 Å². The number of benzene rings is 2. The monoisotopic (exact) mass is 745 g/mol. The summed E-state index contributed by atoms with van der Waals surface area (Å²) in [4.78, 5) is 14.1. The zero-order chi connectivity index (χ0) is 25.0. The Bertz CT molecular complexity index is 1540. The number of aryl methyl sites for hydroxylation is 1. The van der Waals surface area contributed by atoms with Crippen LogP contribution in [0.25, 0.3) is 21.8 Å². The Kier molecular flexibility index (Phi) is 7.01. The molecule has 5 aromatic rings. The van der Waals surface area contributed by atoms with Gasteiger partial charge in [0.05, 0.1) is 32.9 Å². The van der Waals surface area contributed by atoms with Gasteiger partial charge in [-0.3, -0.25) is 15.0 Å². The van der Waals surface area contributed by atoms with Gasteiger partial charge in [0.1, 0.15) is 0 Å². The molecular formula is C28H19Br4N3S. The van der Waals surface area contributed by atoms with E-state index in [0.717, 1.165) is 41.8 Å². The van der Waals surface area contributed by atoms with E-state index >= 15 is 0 Å². The van der Waals surface area contributed by atoms with E-state index in [9.17, 15) is 0 Å². The molecule has 2 atom stereocenters. The molecule has 0 saturated carbocycles. The van der Waals surface area contributed by atoms with E-state index in [4.69, 9.17) is 9.97 Å². The van der Waals surface area contributed by atoms with Crippen LogP contribution in [0.2, 0.25) is 0 Å². The van der Waals surface area contributed by atoms with E-state index in [1.165, 1.54) is 38.9 Å². The van der Waals surface area contributed by atoms with Gasteiger partial charge < -0.3 is 0 Å². The maximum absolute atomic E-state index is 5.12. The first-order chi connectivity index (χ1) is 17.4. The van der Waals surface area contributed by atoms with Crippen molar-refractivity contribution in [2.24, 2.45) is 0 Å². The lowest BCUT2D eigenvalue weighted by Gasteiger charge is -2.36. The molecule has 0 saturated heterocycles. The summed E-state index contributed by atoms with van der Waals surface area (Å²) >= 11 is 16.6. The van der Waals surface area contributed by atoms with Crippen molar-refractivity contribution in [1.82, 2.24) is 15.0 Å². The first kappa shape index (κ1) is 25.0. The number of rotatable bonds is 0. The minimum Gasteiger partial charge on any atom is -0.264 e. The average Bonchev–Trinajstić information content (AvgIpc) is 2.83. The van der Waals surface area contributed by atoms with Gasteiger partial charge in [0.15, 0.2) is 0 Å². The summed E-state index contributed by atoms with van der Waals surface area (Å²) in [7, 11) is 0. The van der Waals surface area contributed by atoms with Crippen LogP contribution in [0.1, 0.15) is 38.6 Å². The van der Waals surface area contributed by atoms with Gasteiger partial charge >= 0.3 is 0 Å². The first-order valence-corrected chi connectivity index (χ1v) is 15.6. The molecule has 7 rings (SSSR count). The Morgan fingerprint density at radius 1 is 0.750 bits per heavy atom. The molecule has 2 aliphatic rings. The summed E-state index contributed by atoms with van der Waals surface area (Å²) in [6, 6.07) is 17.0. The van der Waals surface area contributed by atoms with Crippen LogP contribution in [0, 0.1) is 6.92 Å². The Balaban J connectivity index is 0.000000299. The first-order valence-electron chi connectivity index (χ1n) is 11.4. The van der Waals surface area contributed by atoms with E-state index < -0.39 is 0 Å². The maximum Gasteiger partial charge on any atom is 0.0848 e. The molecule has 0 unspecified atom stereocenters. The molecule has 36 heavy (non-hydrogen) atoms. The van der Waals surface area contributed by atoms with Crippen molar-refractivity contribution in [3.8, 4) is 0 Å². The van der Waals surface area contributed by atoms with Crippen molar-refractivity contribution < 1.29 is 0 Å². The highest BCUT2D eigenvalue weighted by Crippen LogP contribution is 2.54. The van der Waals surface area contributed by atoms with Crippen molar-refractivity contribution in [1.29, 1.82) is 0 Å². The fourth-order valence-corrected chi connectivity index (χ4v) is 9.19. The second-order valence-electron chi connectivity index (χ2n) is 9.04. The molecule has 3 aromatic heterocycles. The lowest BCUT2D eigenvalue weighted by Crippen LogP contribution is -2.23. The molecule has 0 N–H and O–H groups in total. The van der Waals surface area contributed by atoms with Gasteiger partial charge in [-0.05, 0) is 111 Å². The van der Waals surface area contributed by atoms with Gasteiger partial charge in [0, 0.05) is 41.1 Å². The van der Waals surface area contributed by atoms with Crippen LogP contribution in [0.15, 0.2) is 78.8 Å². The molecule has 2 bridgehead atoms. The van der Waals surface area contributed by atoms with E-state index in [1.807, 2.05) is 37.0 Å². The molecule has 2 aliphatic heterocycles. The summed E-state index contributed by atoms with van der Waals surface area (Å²) in [5.41, 5.74) is 8.49. The zero-order valence-corrected chi connectivity index (χ0v) is 26.3. The van der Waals surface area contributed by atoms with Gasteiger partial charge in [-0.1, -0.05) is 37.9 Å².